The standard InChI is InChI=1S/C14H17ClS/c1-4-7-12(5-2)16-10-13-11(3)8-6-9-14(13)15/h4-9H,10H2,1-3H3/b7-4-,12-5+. The van der Waals surface area contributed by atoms with Gasteiger partial charge in [-0.15, -0.1) is 11.8 Å². The molecule has 0 aliphatic rings. The monoisotopic (exact) mass is 252 g/mol. The van der Waals surface area contributed by atoms with Crippen molar-refractivity contribution in [2.75, 3.05) is 0 Å². The van der Waals surface area contributed by atoms with Crippen LogP contribution in [0.3, 0.4) is 0 Å². The number of allylic oxidation sites excluding steroid dienone is 3. The lowest BCUT2D eigenvalue weighted by atomic mass is 10.1. The Morgan fingerprint density at radius 3 is 2.69 bits per heavy atom. The molecular formula is C14H17ClS. The predicted molar refractivity (Wildman–Crippen MR) is 76.1 cm³/mol. The molecule has 0 aromatic heterocycles. The van der Waals surface area contributed by atoms with Crippen LogP contribution in [0.25, 0.3) is 0 Å². The Balaban J connectivity index is 2.75. The lowest BCUT2D eigenvalue weighted by Gasteiger charge is -2.08. The highest BCUT2D eigenvalue weighted by Crippen LogP contribution is 2.28. The molecule has 0 atom stereocenters. The lowest BCUT2D eigenvalue weighted by molar-refractivity contribution is 1.31. The quantitative estimate of drug-likeness (QED) is 0.650. The first-order valence-electron chi connectivity index (χ1n) is 5.34. The first-order chi connectivity index (χ1) is 7.69. The van der Waals surface area contributed by atoms with Crippen molar-refractivity contribution in [2.45, 2.75) is 26.5 Å². The highest BCUT2D eigenvalue weighted by Gasteiger charge is 2.04. The summed E-state index contributed by atoms with van der Waals surface area (Å²) in [5, 5.41) is 0.864. The van der Waals surface area contributed by atoms with Crippen molar-refractivity contribution < 1.29 is 0 Å². The number of aryl methyl sites for hydroxylation is 1. The largest absolute Gasteiger partial charge is 0.122 e. The molecule has 0 unspecified atom stereocenters. The molecule has 0 amide bonds. The van der Waals surface area contributed by atoms with Crippen LogP contribution >= 0.6 is 23.4 Å². The van der Waals surface area contributed by atoms with Gasteiger partial charge in [-0.2, -0.15) is 0 Å². The Kier molecular flexibility index (Phi) is 5.72. The summed E-state index contributed by atoms with van der Waals surface area (Å²) in [6.45, 7) is 6.19. The minimum absolute atomic E-state index is 0.864. The van der Waals surface area contributed by atoms with Gasteiger partial charge in [0.15, 0.2) is 0 Å². The molecule has 0 bridgehead atoms. The van der Waals surface area contributed by atoms with E-state index in [9.17, 15) is 0 Å². The highest BCUT2D eigenvalue weighted by molar-refractivity contribution is 8.02. The van der Waals surface area contributed by atoms with Gasteiger partial charge in [-0.3, -0.25) is 0 Å². The molecule has 0 heterocycles. The molecule has 0 spiro atoms. The molecule has 1 aromatic rings. The van der Waals surface area contributed by atoms with Crippen molar-refractivity contribution in [1.29, 1.82) is 0 Å². The van der Waals surface area contributed by atoms with Gasteiger partial charge in [0.05, 0.1) is 0 Å². The van der Waals surface area contributed by atoms with Gasteiger partial charge in [-0.1, -0.05) is 42.0 Å². The van der Waals surface area contributed by atoms with Gasteiger partial charge in [0.25, 0.3) is 0 Å². The van der Waals surface area contributed by atoms with Crippen molar-refractivity contribution in [3.05, 3.63) is 57.5 Å². The van der Waals surface area contributed by atoms with Crippen molar-refractivity contribution in [1.82, 2.24) is 0 Å². The first-order valence-corrected chi connectivity index (χ1v) is 6.71. The van der Waals surface area contributed by atoms with Crippen molar-refractivity contribution in [3.63, 3.8) is 0 Å². The van der Waals surface area contributed by atoms with Gasteiger partial charge in [0.2, 0.25) is 0 Å². The third-order valence-electron chi connectivity index (χ3n) is 2.35. The number of rotatable bonds is 4. The third kappa shape index (κ3) is 3.73. The van der Waals surface area contributed by atoms with Crippen molar-refractivity contribution >= 4 is 23.4 Å². The van der Waals surface area contributed by atoms with E-state index in [0.717, 1.165) is 10.8 Å². The first kappa shape index (κ1) is 13.4. The van der Waals surface area contributed by atoms with Gasteiger partial charge in [0, 0.05) is 15.7 Å². The van der Waals surface area contributed by atoms with E-state index in [1.807, 2.05) is 30.8 Å². The molecule has 0 radical (unpaired) electrons. The smallest absolute Gasteiger partial charge is 0.0449 e. The van der Waals surface area contributed by atoms with E-state index in [4.69, 9.17) is 11.6 Å². The average Bonchev–Trinajstić information content (AvgIpc) is 2.27. The second kappa shape index (κ2) is 6.82. The fourth-order valence-electron chi connectivity index (χ4n) is 1.40. The summed E-state index contributed by atoms with van der Waals surface area (Å²) in [5.41, 5.74) is 2.49. The van der Waals surface area contributed by atoms with Crippen molar-refractivity contribution in [3.8, 4) is 0 Å². The molecule has 0 N–H and O–H groups in total. The number of hydrogen-bond acceptors (Lipinski definition) is 1. The molecule has 2 heteroatoms. The van der Waals surface area contributed by atoms with Gasteiger partial charge in [0.1, 0.15) is 0 Å². The van der Waals surface area contributed by atoms with E-state index in [1.165, 1.54) is 16.0 Å². The zero-order chi connectivity index (χ0) is 12.0. The van der Waals surface area contributed by atoms with E-state index >= 15 is 0 Å². The topological polar surface area (TPSA) is 0 Å². The SMILES string of the molecule is C/C=C\C(=C/C)SCc1c(C)cccc1Cl. The maximum absolute atomic E-state index is 6.18. The van der Waals surface area contributed by atoms with E-state index in [2.05, 4.69) is 38.1 Å². The van der Waals surface area contributed by atoms with Crippen LogP contribution in [-0.4, -0.2) is 0 Å². The fraction of sp³-hybridized carbons (Fsp3) is 0.286. The Bertz CT molecular complexity index is 385. The summed E-state index contributed by atoms with van der Waals surface area (Å²) in [4.78, 5) is 1.28. The average molecular weight is 253 g/mol. The van der Waals surface area contributed by atoms with E-state index < -0.39 is 0 Å². The Morgan fingerprint density at radius 1 is 1.38 bits per heavy atom. The molecule has 0 saturated carbocycles. The summed E-state index contributed by atoms with van der Waals surface area (Å²) in [6, 6.07) is 6.05. The predicted octanol–water partition coefficient (Wildman–Crippen LogP) is 5.36. The second-order valence-corrected chi connectivity index (χ2v) is 4.97. The molecule has 86 valence electrons. The summed E-state index contributed by atoms with van der Waals surface area (Å²) >= 11 is 8.00. The molecule has 0 saturated heterocycles. The Morgan fingerprint density at radius 2 is 2.12 bits per heavy atom. The third-order valence-corrected chi connectivity index (χ3v) is 3.84. The normalized spacial score (nSPS) is 12.4. The summed E-state index contributed by atoms with van der Waals surface area (Å²) in [7, 11) is 0. The van der Waals surface area contributed by atoms with Crippen LogP contribution in [0, 0.1) is 6.92 Å². The molecular weight excluding hydrogens is 236 g/mol. The Labute approximate surface area is 107 Å². The van der Waals surface area contributed by atoms with Crippen molar-refractivity contribution in [2.24, 2.45) is 0 Å². The molecule has 0 nitrogen and oxygen atoms in total. The molecule has 0 aliphatic heterocycles. The minimum Gasteiger partial charge on any atom is -0.122 e. The van der Waals surface area contributed by atoms with Crippen LogP contribution in [-0.2, 0) is 5.75 Å². The molecule has 0 fully saturated rings. The van der Waals surface area contributed by atoms with Crippen LogP contribution in [0.5, 0.6) is 0 Å². The Hall–Kier alpha value is -0.660. The number of thioether (sulfide) groups is 1. The molecule has 1 rings (SSSR count). The fourth-order valence-corrected chi connectivity index (χ4v) is 2.86. The van der Waals surface area contributed by atoms with E-state index in [1.54, 1.807) is 0 Å². The van der Waals surface area contributed by atoms with Gasteiger partial charge in [-0.25, -0.2) is 0 Å². The molecule has 1 aromatic carbocycles. The van der Waals surface area contributed by atoms with Crippen LogP contribution < -0.4 is 0 Å². The zero-order valence-corrected chi connectivity index (χ0v) is 11.5. The van der Waals surface area contributed by atoms with Crippen LogP contribution in [0.1, 0.15) is 25.0 Å². The van der Waals surface area contributed by atoms with Gasteiger partial charge >= 0.3 is 0 Å². The second-order valence-electron chi connectivity index (χ2n) is 3.52. The maximum Gasteiger partial charge on any atom is 0.0449 e. The van der Waals surface area contributed by atoms with Crippen LogP contribution in [0.15, 0.2) is 41.3 Å². The minimum atomic E-state index is 0.864. The highest BCUT2D eigenvalue weighted by atomic mass is 35.5. The number of hydrogen-bond donors (Lipinski definition) is 0. The van der Waals surface area contributed by atoms with E-state index in [0.29, 0.717) is 0 Å². The van der Waals surface area contributed by atoms with Gasteiger partial charge in [-0.05, 0) is 38.0 Å². The molecule has 0 aliphatic carbocycles. The lowest BCUT2D eigenvalue weighted by Crippen LogP contribution is -1.87. The number of halogens is 1. The van der Waals surface area contributed by atoms with E-state index in [-0.39, 0.29) is 0 Å². The van der Waals surface area contributed by atoms with Crippen LogP contribution in [0.2, 0.25) is 5.02 Å². The van der Waals surface area contributed by atoms with Gasteiger partial charge < -0.3 is 0 Å². The summed E-state index contributed by atoms with van der Waals surface area (Å²) < 4.78 is 0. The summed E-state index contributed by atoms with van der Waals surface area (Å²) in [5.74, 6) is 0.926. The maximum atomic E-state index is 6.18. The number of benzene rings is 1. The van der Waals surface area contributed by atoms with Crippen LogP contribution in [0.4, 0.5) is 0 Å². The zero-order valence-electron chi connectivity index (χ0n) is 9.96. The molecule has 16 heavy (non-hydrogen) atoms. The summed E-state index contributed by atoms with van der Waals surface area (Å²) in [6.07, 6.45) is 6.30.